The third kappa shape index (κ3) is 4.10. The number of aryl methyl sites for hydroxylation is 1. The fourth-order valence-corrected chi connectivity index (χ4v) is 5.03. The van der Waals surface area contributed by atoms with Gasteiger partial charge in [-0.05, 0) is 38.8 Å². The van der Waals surface area contributed by atoms with Crippen LogP contribution in [0.3, 0.4) is 0 Å². The van der Waals surface area contributed by atoms with E-state index in [4.69, 9.17) is 15.5 Å². The van der Waals surface area contributed by atoms with Crippen LogP contribution < -0.4 is 10.6 Å². The molecule has 0 spiro atoms. The minimum atomic E-state index is -2.31. The highest BCUT2D eigenvalue weighted by Crippen LogP contribution is 2.33. The zero-order valence-electron chi connectivity index (χ0n) is 16.5. The van der Waals surface area contributed by atoms with Crippen LogP contribution in [0.2, 0.25) is 0 Å². The number of nitrogens with two attached hydrogens (primary N) is 1. The standard InChI is InChI=1S/C19H26N6O2S/c1-12-8-14(9-16(20)21-12)19-22-17(24-28(3,26)15-4-5-15)10-18(23-19)25-6-7-27-11-13(25)2/h8-10,13,15H,4-7,11H2,1-3H3,(H2,20,21)/t13-,28?/m1/s1. The number of nitrogens with zero attached hydrogens (tertiary/aromatic N) is 5. The number of hydrogen-bond acceptors (Lipinski definition) is 8. The first kappa shape index (κ1) is 19.1. The van der Waals surface area contributed by atoms with Crippen LogP contribution in [0, 0.1) is 6.92 Å². The minimum absolute atomic E-state index is 0.162. The van der Waals surface area contributed by atoms with Gasteiger partial charge in [-0.15, -0.1) is 0 Å². The smallest absolute Gasteiger partial charge is 0.167 e. The first-order valence-corrected chi connectivity index (χ1v) is 11.5. The van der Waals surface area contributed by atoms with E-state index in [0.717, 1.165) is 36.5 Å². The van der Waals surface area contributed by atoms with Gasteiger partial charge in [0.1, 0.15) is 11.6 Å². The second kappa shape index (κ2) is 7.29. The Morgan fingerprint density at radius 1 is 1.25 bits per heavy atom. The van der Waals surface area contributed by atoms with Gasteiger partial charge in [0.15, 0.2) is 11.6 Å². The Kier molecular flexibility index (Phi) is 4.96. The number of morpholine rings is 1. The van der Waals surface area contributed by atoms with Gasteiger partial charge in [-0.25, -0.2) is 19.2 Å². The van der Waals surface area contributed by atoms with Crippen molar-refractivity contribution in [3.8, 4) is 11.4 Å². The highest BCUT2D eigenvalue weighted by Gasteiger charge is 2.31. The topological polar surface area (TPSA) is 107 Å². The second-order valence-corrected chi connectivity index (χ2v) is 10.2. The minimum Gasteiger partial charge on any atom is -0.384 e. The lowest BCUT2D eigenvalue weighted by atomic mass is 10.2. The van der Waals surface area contributed by atoms with Gasteiger partial charge in [-0.1, -0.05) is 0 Å². The van der Waals surface area contributed by atoms with E-state index in [-0.39, 0.29) is 11.3 Å². The SMILES string of the molecule is Cc1cc(-c2nc(N=S(C)(=O)C3CC3)cc(N3CCOC[C@H]3C)n2)cc(N)n1. The van der Waals surface area contributed by atoms with Gasteiger partial charge in [-0.3, -0.25) is 0 Å². The molecular formula is C19H26N6O2S. The van der Waals surface area contributed by atoms with Crippen molar-refractivity contribution in [3.63, 3.8) is 0 Å². The normalized spacial score (nSPS) is 22.0. The number of rotatable bonds is 4. The van der Waals surface area contributed by atoms with Crippen LogP contribution in [0.1, 0.15) is 25.5 Å². The Bertz CT molecular complexity index is 993. The van der Waals surface area contributed by atoms with Gasteiger partial charge in [0.25, 0.3) is 0 Å². The molecule has 1 aliphatic heterocycles. The molecule has 1 aliphatic carbocycles. The number of anilines is 2. The Balaban J connectivity index is 1.84. The van der Waals surface area contributed by atoms with E-state index >= 15 is 0 Å². The first-order valence-electron chi connectivity index (χ1n) is 9.51. The molecule has 9 heteroatoms. The molecule has 0 bridgehead atoms. The zero-order chi connectivity index (χ0) is 19.9. The molecule has 0 aromatic carbocycles. The molecule has 2 fully saturated rings. The first-order chi connectivity index (χ1) is 13.3. The fourth-order valence-electron chi connectivity index (χ4n) is 3.40. The summed E-state index contributed by atoms with van der Waals surface area (Å²) in [5, 5.41) is 0.162. The lowest BCUT2D eigenvalue weighted by molar-refractivity contribution is 0.0985. The molecule has 0 radical (unpaired) electrons. The largest absolute Gasteiger partial charge is 0.384 e. The molecule has 2 N–H and O–H groups in total. The number of hydrogen-bond donors (Lipinski definition) is 1. The number of ether oxygens (including phenoxy) is 1. The van der Waals surface area contributed by atoms with Crippen molar-refractivity contribution in [3.05, 3.63) is 23.9 Å². The summed E-state index contributed by atoms with van der Waals surface area (Å²) in [7, 11) is -2.31. The maximum atomic E-state index is 12.9. The van der Waals surface area contributed by atoms with Crippen molar-refractivity contribution >= 4 is 27.2 Å². The van der Waals surface area contributed by atoms with Gasteiger partial charge in [0, 0.05) is 35.4 Å². The molecule has 1 saturated heterocycles. The molecule has 2 aromatic rings. The Morgan fingerprint density at radius 3 is 2.71 bits per heavy atom. The third-order valence-corrected chi connectivity index (χ3v) is 7.27. The molecule has 1 saturated carbocycles. The molecule has 2 aliphatic rings. The Labute approximate surface area is 165 Å². The number of nitrogen functional groups attached to an aromatic ring is 1. The van der Waals surface area contributed by atoms with E-state index in [2.05, 4.69) is 26.2 Å². The fraction of sp³-hybridized carbons (Fsp3) is 0.526. The van der Waals surface area contributed by atoms with Crippen molar-refractivity contribution < 1.29 is 8.95 Å². The molecule has 28 heavy (non-hydrogen) atoms. The van der Waals surface area contributed by atoms with E-state index in [1.165, 1.54) is 0 Å². The molecule has 1 unspecified atom stereocenters. The Morgan fingerprint density at radius 2 is 2.04 bits per heavy atom. The number of aromatic nitrogens is 3. The van der Waals surface area contributed by atoms with Gasteiger partial charge in [0.2, 0.25) is 0 Å². The molecule has 3 heterocycles. The summed E-state index contributed by atoms with van der Waals surface area (Å²) in [6.45, 7) is 5.99. The average Bonchev–Trinajstić information content (AvgIpc) is 3.46. The highest BCUT2D eigenvalue weighted by molar-refractivity contribution is 7.93. The summed E-state index contributed by atoms with van der Waals surface area (Å²) in [4.78, 5) is 15.8. The van der Waals surface area contributed by atoms with Crippen LogP contribution >= 0.6 is 0 Å². The maximum Gasteiger partial charge on any atom is 0.167 e. The maximum absolute atomic E-state index is 12.9. The van der Waals surface area contributed by atoms with Crippen LogP contribution in [-0.2, 0) is 14.5 Å². The zero-order valence-corrected chi connectivity index (χ0v) is 17.3. The van der Waals surface area contributed by atoms with Gasteiger partial charge in [0.05, 0.1) is 29.0 Å². The van der Waals surface area contributed by atoms with Crippen LogP contribution in [0.5, 0.6) is 0 Å². The van der Waals surface area contributed by atoms with Crippen LogP contribution in [-0.4, -0.2) is 56.5 Å². The predicted molar refractivity (Wildman–Crippen MR) is 111 cm³/mol. The third-order valence-electron chi connectivity index (χ3n) is 5.01. The van der Waals surface area contributed by atoms with Crippen LogP contribution in [0.25, 0.3) is 11.4 Å². The second-order valence-electron chi connectivity index (χ2n) is 7.60. The van der Waals surface area contributed by atoms with Gasteiger partial charge < -0.3 is 15.4 Å². The monoisotopic (exact) mass is 402 g/mol. The van der Waals surface area contributed by atoms with E-state index in [1.807, 2.05) is 19.1 Å². The quantitative estimate of drug-likeness (QED) is 0.837. The van der Waals surface area contributed by atoms with Crippen molar-refractivity contribution in [2.24, 2.45) is 4.36 Å². The van der Waals surface area contributed by atoms with Crippen molar-refractivity contribution in [1.29, 1.82) is 0 Å². The highest BCUT2D eigenvalue weighted by atomic mass is 32.2. The van der Waals surface area contributed by atoms with Crippen molar-refractivity contribution in [2.75, 3.05) is 36.6 Å². The Hall–Kier alpha value is -2.26. The molecule has 2 atom stereocenters. The van der Waals surface area contributed by atoms with Gasteiger partial charge in [-0.2, -0.15) is 4.36 Å². The van der Waals surface area contributed by atoms with Gasteiger partial charge >= 0.3 is 0 Å². The van der Waals surface area contributed by atoms with Crippen LogP contribution in [0.4, 0.5) is 17.5 Å². The lowest BCUT2D eigenvalue weighted by Crippen LogP contribution is -2.44. The predicted octanol–water partition coefficient (Wildman–Crippen LogP) is 2.55. The summed E-state index contributed by atoms with van der Waals surface area (Å²) < 4.78 is 23.0. The molecule has 2 aromatic heterocycles. The molecule has 4 rings (SSSR count). The average molecular weight is 403 g/mol. The van der Waals surface area contributed by atoms with Crippen molar-refractivity contribution in [1.82, 2.24) is 15.0 Å². The van der Waals surface area contributed by atoms with E-state index in [0.29, 0.717) is 30.7 Å². The van der Waals surface area contributed by atoms with E-state index < -0.39 is 9.73 Å². The summed E-state index contributed by atoms with van der Waals surface area (Å²) >= 11 is 0. The van der Waals surface area contributed by atoms with E-state index in [9.17, 15) is 4.21 Å². The summed E-state index contributed by atoms with van der Waals surface area (Å²) in [6, 6.07) is 5.66. The number of pyridine rings is 1. The summed E-state index contributed by atoms with van der Waals surface area (Å²) in [5.41, 5.74) is 7.49. The molecule has 8 nitrogen and oxygen atoms in total. The molecular weight excluding hydrogens is 376 g/mol. The lowest BCUT2D eigenvalue weighted by Gasteiger charge is -2.34. The van der Waals surface area contributed by atoms with Crippen molar-refractivity contribution in [2.45, 2.75) is 38.0 Å². The van der Waals surface area contributed by atoms with E-state index in [1.54, 1.807) is 12.3 Å². The summed E-state index contributed by atoms with van der Waals surface area (Å²) in [6.07, 6.45) is 3.65. The summed E-state index contributed by atoms with van der Waals surface area (Å²) in [5.74, 6) is 2.14. The molecule has 0 amide bonds. The molecule has 150 valence electrons. The van der Waals surface area contributed by atoms with Crippen LogP contribution in [0.15, 0.2) is 22.6 Å².